The Labute approximate surface area is 105 Å². The normalized spacial score (nSPS) is 16.2. The lowest BCUT2D eigenvalue weighted by atomic mass is 10.0. The molecule has 0 saturated carbocycles. The van der Waals surface area contributed by atoms with Gasteiger partial charge in [0.25, 0.3) is 0 Å². The van der Waals surface area contributed by atoms with Gasteiger partial charge in [0.2, 0.25) is 11.8 Å². The predicted molar refractivity (Wildman–Crippen MR) is 63.7 cm³/mol. The van der Waals surface area contributed by atoms with E-state index < -0.39 is 0 Å². The molecule has 2 N–H and O–H groups in total. The van der Waals surface area contributed by atoms with Gasteiger partial charge in [-0.2, -0.15) is 0 Å². The maximum atomic E-state index is 13.2. The van der Waals surface area contributed by atoms with Crippen LogP contribution in [0, 0.1) is 5.82 Å². The fraction of sp³-hybridized carbons (Fsp3) is 0.385. The average Bonchev–Trinajstić information content (AvgIpc) is 2.34. The maximum Gasteiger partial charge on any atom is 0.229 e. The highest BCUT2D eigenvalue weighted by Crippen LogP contribution is 2.18. The first-order valence-electron chi connectivity index (χ1n) is 5.92. The van der Waals surface area contributed by atoms with Crippen LogP contribution in [0.3, 0.4) is 0 Å². The molecule has 1 heterocycles. The van der Waals surface area contributed by atoms with Crippen molar-refractivity contribution in [3.8, 4) is 0 Å². The number of hydrogen-bond donors (Lipinski definition) is 1. The molecular weight excluding hydrogens is 235 g/mol. The molecule has 2 rings (SSSR count). The number of likely N-dealkylation sites (tertiary alicyclic amines) is 1. The van der Waals surface area contributed by atoms with Gasteiger partial charge in [0.15, 0.2) is 0 Å². The molecule has 96 valence electrons. The number of carbonyl (C=O) groups excluding carboxylic acids is 2. The molecule has 1 aromatic rings. The van der Waals surface area contributed by atoms with E-state index >= 15 is 0 Å². The number of piperidine rings is 1. The molecule has 18 heavy (non-hydrogen) atoms. The van der Waals surface area contributed by atoms with E-state index in [1.165, 1.54) is 17.0 Å². The molecular formula is C13H15FN2O2. The van der Waals surface area contributed by atoms with E-state index in [-0.39, 0.29) is 30.7 Å². The van der Waals surface area contributed by atoms with E-state index in [1.807, 2.05) is 0 Å². The first-order chi connectivity index (χ1) is 8.61. The van der Waals surface area contributed by atoms with Crippen molar-refractivity contribution in [2.75, 3.05) is 0 Å². The second-order valence-electron chi connectivity index (χ2n) is 4.34. The van der Waals surface area contributed by atoms with Gasteiger partial charge in [0.1, 0.15) is 5.82 Å². The standard InChI is InChI=1S/C13H15FN2O2/c14-11-5-4-9(7-15)10(6-11)8-16-12(17)2-1-3-13(16)18/h4-6H,1-3,7-8,15H2. The van der Waals surface area contributed by atoms with Crippen LogP contribution in [0.1, 0.15) is 30.4 Å². The van der Waals surface area contributed by atoms with Gasteiger partial charge in [0.05, 0.1) is 6.54 Å². The summed E-state index contributed by atoms with van der Waals surface area (Å²) < 4.78 is 13.2. The third-order valence-electron chi connectivity index (χ3n) is 3.10. The Kier molecular flexibility index (Phi) is 3.72. The minimum absolute atomic E-state index is 0.113. The smallest absolute Gasteiger partial charge is 0.229 e. The Balaban J connectivity index is 2.24. The van der Waals surface area contributed by atoms with Crippen molar-refractivity contribution in [3.63, 3.8) is 0 Å². The van der Waals surface area contributed by atoms with Gasteiger partial charge < -0.3 is 5.73 Å². The van der Waals surface area contributed by atoms with Crippen LogP contribution in [0.4, 0.5) is 4.39 Å². The van der Waals surface area contributed by atoms with Crippen LogP contribution in [0.5, 0.6) is 0 Å². The topological polar surface area (TPSA) is 63.4 Å². The van der Waals surface area contributed by atoms with Crippen LogP contribution < -0.4 is 5.73 Å². The highest BCUT2D eigenvalue weighted by atomic mass is 19.1. The molecule has 0 atom stereocenters. The average molecular weight is 250 g/mol. The number of nitrogens with two attached hydrogens (primary N) is 1. The van der Waals surface area contributed by atoms with Crippen LogP contribution in [0.15, 0.2) is 18.2 Å². The summed E-state index contributed by atoms with van der Waals surface area (Å²) in [6, 6.07) is 4.24. The summed E-state index contributed by atoms with van der Waals surface area (Å²) in [7, 11) is 0. The largest absolute Gasteiger partial charge is 0.326 e. The maximum absolute atomic E-state index is 13.2. The summed E-state index contributed by atoms with van der Waals surface area (Å²) in [4.78, 5) is 24.5. The summed E-state index contributed by atoms with van der Waals surface area (Å²) in [6.07, 6.45) is 1.35. The van der Waals surface area contributed by atoms with Crippen LogP contribution in [0.2, 0.25) is 0 Å². The molecule has 1 fully saturated rings. The van der Waals surface area contributed by atoms with Gasteiger partial charge in [-0.15, -0.1) is 0 Å². The van der Waals surface area contributed by atoms with Crippen LogP contribution in [-0.2, 0) is 22.7 Å². The van der Waals surface area contributed by atoms with E-state index in [0.29, 0.717) is 24.8 Å². The van der Waals surface area contributed by atoms with Crippen LogP contribution >= 0.6 is 0 Å². The van der Waals surface area contributed by atoms with Crippen molar-refractivity contribution in [2.45, 2.75) is 32.4 Å². The monoisotopic (exact) mass is 250 g/mol. The Morgan fingerprint density at radius 2 is 1.83 bits per heavy atom. The molecule has 0 aromatic heterocycles. The fourth-order valence-corrected chi connectivity index (χ4v) is 2.09. The molecule has 0 unspecified atom stereocenters. The van der Waals surface area contributed by atoms with Crippen molar-refractivity contribution in [2.24, 2.45) is 5.73 Å². The quantitative estimate of drug-likeness (QED) is 0.823. The summed E-state index contributed by atoms with van der Waals surface area (Å²) in [5.41, 5.74) is 6.91. The zero-order chi connectivity index (χ0) is 13.1. The molecule has 0 radical (unpaired) electrons. The van der Waals surface area contributed by atoms with Crippen LogP contribution in [0.25, 0.3) is 0 Å². The summed E-state index contributed by atoms with van der Waals surface area (Å²) in [5.74, 6) is -0.781. The van der Waals surface area contributed by atoms with E-state index in [1.54, 1.807) is 6.07 Å². The number of halogens is 1. The number of imide groups is 1. The van der Waals surface area contributed by atoms with Gasteiger partial charge in [-0.3, -0.25) is 14.5 Å². The third kappa shape index (κ3) is 2.56. The zero-order valence-electron chi connectivity index (χ0n) is 9.99. The number of hydrogen-bond acceptors (Lipinski definition) is 3. The van der Waals surface area contributed by atoms with Crippen molar-refractivity contribution < 1.29 is 14.0 Å². The SMILES string of the molecule is NCc1ccc(F)cc1CN1C(=O)CCCC1=O. The van der Waals surface area contributed by atoms with Crippen molar-refractivity contribution >= 4 is 11.8 Å². The van der Waals surface area contributed by atoms with Gasteiger partial charge in [-0.1, -0.05) is 6.07 Å². The molecule has 1 aromatic carbocycles. The number of carbonyl (C=O) groups is 2. The molecule has 5 heteroatoms. The van der Waals surface area contributed by atoms with E-state index in [9.17, 15) is 14.0 Å². The Morgan fingerprint density at radius 1 is 1.17 bits per heavy atom. The lowest BCUT2D eigenvalue weighted by Crippen LogP contribution is -2.39. The summed E-state index contributed by atoms with van der Waals surface area (Å²) >= 11 is 0. The molecule has 1 aliphatic heterocycles. The minimum atomic E-state index is -0.390. The molecule has 0 spiro atoms. The number of rotatable bonds is 3. The van der Waals surface area contributed by atoms with Gasteiger partial charge in [0, 0.05) is 19.4 Å². The van der Waals surface area contributed by atoms with Crippen molar-refractivity contribution in [1.29, 1.82) is 0 Å². The summed E-state index contributed by atoms with van der Waals surface area (Å²) in [5, 5.41) is 0. The molecule has 4 nitrogen and oxygen atoms in total. The zero-order valence-corrected chi connectivity index (χ0v) is 9.99. The Bertz CT molecular complexity index is 472. The highest BCUT2D eigenvalue weighted by Gasteiger charge is 2.26. The fourth-order valence-electron chi connectivity index (χ4n) is 2.09. The lowest BCUT2D eigenvalue weighted by Gasteiger charge is -2.25. The minimum Gasteiger partial charge on any atom is -0.326 e. The third-order valence-corrected chi connectivity index (χ3v) is 3.10. The predicted octanol–water partition coefficient (Wildman–Crippen LogP) is 1.32. The first-order valence-corrected chi connectivity index (χ1v) is 5.92. The molecule has 0 aliphatic carbocycles. The van der Waals surface area contributed by atoms with E-state index in [4.69, 9.17) is 5.73 Å². The second-order valence-corrected chi connectivity index (χ2v) is 4.34. The van der Waals surface area contributed by atoms with Gasteiger partial charge in [-0.25, -0.2) is 4.39 Å². The molecule has 2 amide bonds. The Morgan fingerprint density at radius 3 is 2.44 bits per heavy atom. The number of amides is 2. The highest BCUT2D eigenvalue weighted by molar-refractivity contribution is 5.97. The lowest BCUT2D eigenvalue weighted by molar-refractivity contribution is -0.148. The van der Waals surface area contributed by atoms with Crippen molar-refractivity contribution in [1.82, 2.24) is 4.90 Å². The Hall–Kier alpha value is -1.75. The van der Waals surface area contributed by atoms with E-state index in [2.05, 4.69) is 0 Å². The molecule has 1 aliphatic rings. The van der Waals surface area contributed by atoms with Crippen LogP contribution in [-0.4, -0.2) is 16.7 Å². The molecule has 0 bridgehead atoms. The van der Waals surface area contributed by atoms with Gasteiger partial charge in [-0.05, 0) is 29.7 Å². The first kappa shape index (κ1) is 12.7. The van der Waals surface area contributed by atoms with Crippen molar-refractivity contribution in [3.05, 3.63) is 35.1 Å². The number of nitrogens with zero attached hydrogens (tertiary/aromatic N) is 1. The van der Waals surface area contributed by atoms with E-state index in [0.717, 1.165) is 5.56 Å². The molecule has 1 saturated heterocycles. The van der Waals surface area contributed by atoms with Gasteiger partial charge >= 0.3 is 0 Å². The second kappa shape index (κ2) is 5.27. The summed E-state index contributed by atoms with van der Waals surface area (Å²) in [6.45, 7) is 0.369. The number of benzene rings is 1.